The monoisotopic (exact) mass is 345 g/mol. The fraction of sp³-hybridized carbons (Fsp3) is 0.500. The zero-order valence-electron chi connectivity index (χ0n) is 14.2. The molecule has 1 aliphatic rings. The molecular formula is C18H23N3O2S. The maximum atomic E-state index is 12.7. The number of likely N-dealkylation sites (tertiary alicyclic amines) is 1. The van der Waals surface area contributed by atoms with Crippen molar-refractivity contribution in [1.29, 1.82) is 0 Å². The number of hydrogen-bond donors (Lipinski definition) is 1. The van der Waals surface area contributed by atoms with Crippen molar-refractivity contribution < 1.29 is 4.79 Å². The second-order valence-corrected chi connectivity index (χ2v) is 7.03. The van der Waals surface area contributed by atoms with Crippen molar-refractivity contribution >= 4 is 29.0 Å². The van der Waals surface area contributed by atoms with Crippen molar-refractivity contribution in [3.05, 3.63) is 38.9 Å². The second kappa shape index (κ2) is 6.89. The van der Waals surface area contributed by atoms with Crippen LogP contribution in [0, 0.1) is 10.7 Å². The fourth-order valence-corrected chi connectivity index (χ4v) is 3.65. The zero-order chi connectivity index (χ0) is 17.3. The van der Waals surface area contributed by atoms with Gasteiger partial charge in [0.2, 0.25) is 0 Å². The Morgan fingerprint density at radius 2 is 2.21 bits per heavy atom. The summed E-state index contributed by atoms with van der Waals surface area (Å²) in [4.78, 5) is 30.3. The van der Waals surface area contributed by atoms with Gasteiger partial charge in [0.05, 0.1) is 10.9 Å². The molecule has 128 valence electrons. The SMILES string of the molecule is CCCn1c(=S)[nH]c2cc(C(=O)N3CCC[C@H](C)C3)ccc2c1=O. The van der Waals surface area contributed by atoms with Gasteiger partial charge in [0, 0.05) is 25.2 Å². The number of rotatable bonds is 3. The number of H-pyrrole nitrogens is 1. The van der Waals surface area contributed by atoms with Crippen LogP contribution in [0.5, 0.6) is 0 Å². The number of carbonyl (C=O) groups excluding carboxylic acids is 1. The van der Waals surface area contributed by atoms with Gasteiger partial charge in [-0.25, -0.2) is 0 Å². The summed E-state index contributed by atoms with van der Waals surface area (Å²) in [5, 5.41) is 0.570. The van der Waals surface area contributed by atoms with Crippen LogP contribution in [-0.2, 0) is 6.54 Å². The summed E-state index contributed by atoms with van der Waals surface area (Å²) in [7, 11) is 0. The summed E-state index contributed by atoms with van der Waals surface area (Å²) < 4.78 is 1.98. The number of amides is 1. The number of carbonyl (C=O) groups is 1. The molecule has 1 fully saturated rings. The molecule has 1 aromatic heterocycles. The lowest BCUT2D eigenvalue weighted by Gasteiger charge is -2.31. The van der Waals surface area contributed by atoms with Crippen molar-refractivity contribution in [3.8, 4) is 0 Å². The Hall–Kier alpha value is -1.95. The van der Waals surface area contributed by atoms with Crippen molar-refractivity contribution in [2.75, 3.05) is 13.1 Å². The molecule has 24 heavy (non-hydrogen) atoms. The van der Waals surface area contributed by atoms with Gasteiger partial charge in [-0.1, -0.05) is 13.8 Å². The van der Waals surface area contributed by atoms with E-state index in [0.717, 1.165) is 25.9 Å². The molecule has 1 N–H and O–H groups in total. The van der Waals surface area contributed by atoms with Crippen molar-refractivity contribution in [2.45, 2.75) is 39.7 Å². The van der Waals surface area contributed by atoms with Gasteiger partial charge >= 0.3 is 0 Å². The number of hydrogen-bond acceptors (Lipinski definition) is 3. The average molecular weight is 345 g/mol. The number of piperidine rings is 1. The van der Waals surface area contributed by atoms with Crippen LogP contribution in [-0.4, -0.2) is 33.4 Å². The van der Waals surface area contributed by atoms with Gasteiger partial charge in [0.1, 0.15) is 0 Å². The number of aromatic amines is 1. The molecule has 1 saturated heterocycles. The third-order valence-electron chi connectivity index (χ3n) is 4.62. The summed E-state index contributed by atoms with van der Waals surface area (Å²) in [6, 6.07) is 5.23. The molecule has 1 aromatic carbocycles. The summed E-state index contributed by atoms with van der Waals surface area (Å²) in [6.07, 6.45) is 3.06. The van der Waals surface area contributed by atoms with Gasteiger partial charge in [-0.3, -0.25) is 14.2 Å². The van der Waals surface area contributed by atoms with Crippen LogP contribution in [0.1, 0.15) is 43.5 Å². The Kier molecular flexibility index (Phi) is 4.85. The molecule has 1 amide bonds. The third kappa shape index (κ3) is 3.15. The quantitative estimate of drug-likeness (QED) is 0.868. The molecule has 2 aromatic rings. The first kappa shape index (κ1) is 16.9. The third-order valence-corrected chi connectivity index (χ3v) is 4.94. The molecule has 6 heteroatoms. The molecule has 2 heterocycles. The first-order valence-electron chi connectivity index (χ1n) is 8.57. The molecule has 0 aliphatic carbocycles. The Bertz CT molecular complexity index is 884. The highest BCUT2D eigenvalue weighted by atomic mass is 32.1. The maximum Gasteiger partial charge on any atom is 0.262 e. The van der Waals surface area contributed by atoms with Crippen LogP contribution >= 0.6 is 12.2 Å². The lowest BCUT2D eigenvalue weighted by molar-refractivity contribution is 0.0683. The van der Waals surface area contributed by atoms with E-state index in [1.54, 1.807) is 22.8 Å². The smallest absolute Gasteiger partial charge is 0.262 e. The minimum atomic E-state index is -0.0961. The highest BCUT2D eigenvalue weighted by Gasteiger charge is 2.22. The van der Waals surface area contributed by atoms with Gasteiger partial charge < -0.3 is 9.88 Å². The van der Waals surface area contributed by atoms with Gasteiger partial charge in [-0.15, -0.1) is 0 Å². The van der Waals surface area contributed by atoms with Crippen molar-refractivity contribution in [3.63, 3.8) is 0 Å². The Labute approximate surface area is 146 Å². The summed E-state index contributed by atoms with van der Waals surface area (Å²) >= 11 is 5.29. The van der Waals surface area contributed by atoms with Gasteiger partial charge in [0.15, 0.2) is 4.77 Å². The van der Waals surface area contributed by atoms with Crippen LogP contribution in [0.4, 0.5) is 0 Å². The first-order valence-corrected chi connectivity index (χ1v) is 8.98. The topological polar surface area (TPSA) is 58.1 Å². The number of nitrogens with one attached hydrogen (secondary N) is 1. The number of nitrogens with zero attached hydrogens (tertiary/aromatic N) is 2. The summed E-state index contributed by atoms with van der Waals surface area (Å²) in [5.74, 6) is 0.565. The largest absolute Gasteiger partial charge is 0.338 e. The standard InChI is InChI=1S/C18H23N3O2S/c1-3-8-21-17(23)14-7-6-13(10-15(14)19-18(21)24)16(22)20-9-4-5-12(2)11-20/h6-7,10,12H,3-5,8-9,11H2,1-2H3,(H,19,24)/t12-/m0/s1. The lowest BCUT2D eigenvalue weighted by Crippen LogP contribution is -2.39. The highest BCUT2D eigenvalue weighted by molar-refractivity contribution is 7.71. The van der Waals surface area contributed by atoms with E-state index >= 15 is 0 Å². The van der Waals surface area contributed by atoms with E-state index in [4.69, 9.17) is 12.2 Å². The normalized spacial score (nSPS) is 18.1. The summed E-state index contributed by atoms with van der Waals surface area (Å²) in [5.41, 5.74) is 1.14. The predicted octanol–water partition coefficient (Wildman–Crippen LogP) is 3.34. The fourth-order valence-electron chi connectivity index (χ4n) is 3.37. The Balaban J connectivity index is 2.00. The van der Waals surface area contributed by atoms with E-state index in [2.05, 4.69) is 11.9 Å². The maximum absolute atomic E-state index is 12.7. The summed E-state index contributed by atoms with van der Waals surface area (Å²) in [6.45, 7) is 6.37. The molecule has 0 saturated carbocycles. The molecule has 0 unspecified atom stereocenters. The highest BCUT2D eigenvalue weighted by Crippen LogP contribution is 2.19. The molecule has 5 nitrogen and oxygen atoms in total. The lowest BCUT2D eigenvalue weighted by atomic mass is 9.99. The van der Waals surface area contributed by atoms with Crippen LogP contribution < -0.4 is 5.56 Å². The molecule has 0 bridgehead atoms. The minimum absolute atomic E-state index is 0.0282. The van der Waals surface area contributed by atoms with Crippen LogP contribution in [0.25, 0.3) is 10.9 Å². The molecule has 0 radical (unpaired) electrons. The molecule has 1 atom stereocenters. The van der Waals surface area contributed by atoms with E-state index in [-0.39, 0.29) is 11.5 Å². The van der Waals surface area contributed by atoms with E-state index < -0.39 is 0 Å². The molecule has 1 aliphatic heterocycles. The van der Waals surface area contributed by atoms with E-state index in [0.29, 0.717) is 33.7 Å². The van der Waals surface area contributed by atoms with Crippen LogP contribution in [0.15, 0.2) is 23.0 Å². The second-order valence-electron chi connectivity index (χ2n) is 6.65. The van der Waals surface area contributed by atoms with Crippen molar-refractivity contribution in [2.24, 2.45) is 5.92 Å². The number of benzene rings is 1. The van der Waals surface area contributed by atoms with E-state index in [1.807, 2.05) is 11.8 Å². The zero-order valence-corrected chi connectivity index (χ0v) is 15.0. The first-order chi connectivity index (χ1) is 11.5. The average Bonchev–Trinajstić information content (AvgIpc) is 2.57. The van der Waals surface area contributed by atoms with Crippen molar-refractivity contribution in [1.82, 2.24) is 14.5 Å². The van der Waals surface area contributed by atoms with Gasteiger partial charge in [0.25, 0.3) is 11.5 Å². The molecular weight excluding hydrogens is 322 g/mol. The molecule has 0 spiro atoms. The predicted molar refractivity (Wildman–Crippen MR) is 98.0 cm³/mol. The minimum Gasteiger partial charge on any atom is -0.338 e. The van der Waals surface area contributed by atoms with E-state index in [9.17, 15) is 9.59 Å². The molecule has 3 rings (SSSR count). The van der Waals surface area contributed by atoms with E-state index in [1.165, 1.54) is 6.42 Å². The van der Waals surface area contributed by atoms with Crippen LogP contribution in [0.3, 0.4) is 0 Å². The number of aromatic nitrogens is 2. The van der Waals surface area contributed by atoms with Gasteiger partial charge in [-0.05, 0) is 55.6 Å². The Morgan fingerprint density at radius 3 is 2.92 bits per heavy atom. The van der Waals surface area contributed by atoms with Gasteiger partial charge in [-0.2, -0.15) is 0 Å². The Morgan fingerprint density at radius 1 is 1.42 bits per heavy atom. The number of fused-ring (bicyclic) bond motifs is 1. The van der Waals surface area contributed by atoms with Crippen LogP contribution in [0.2, 0.25) is 0 Å².